The van der Waals surface area contributed by atoms with Gasteiger partial charge in [-0.25, -0.2) is 17.9 Å². The number of rotatable bonds is 6. The number of benzene rings is 2. The van der Waals surface area contributed by atoms with Gasteiger partial charge in [-0.15, -0.1) is 0 Å². The van der Waals surface area contributed by atoms with Crippen LogP contribution in [0.5, 0.6) is 5.75 Å². The number of amides is 1. The number of nitro benzene ring substituents is 1. The van der Waals surface area contributed by atoms with Crippen molar-refractivity contribution in [3.63, 3.8) is 0 Å². The van der Waals surface area contributed by atoms with Gasteiger partial charge < -0.3 is 10.1 Å². The third-order valence-corrected chi connectivity index (χ3v) is 3.87. The third kappa shape index (κ3) is 4.96. The molecule has 0 spiro atoms. The molecule has 0 aromatic heterocycles. The van der Waals surface area contributed by atoms with Crippen molar-refractivity contribution < 1.29 is 27.3 Å². The number of sulfonamides is 1. The van der Waals surface area contributed by atoms with E-state index in [2.05, 4.69) is 5.32 Å². The van der Waals surface area contributed by atoms with Gasteiger partial charge in [0.25, 0.3) is 5.91 Å². The summed E-state index contributed by atoms with van der Waals surface area (Å²) >= 11 is 0. The molecule has 3 N–H and O–H groups in total. The summed E-state index contributed by atoms with van der Waals surface area (Å²) in [4.78, 5) is 21.7. The molecule has 0 heterocycles. The summed E-state index contributed by atoms with van der Waals surface area (Å²) in [6.45, 7) is -0.610. The molecule has 11 heteroatoms. The van der Waals surface area contributed by atoms with Crippen molar-refractivity contribution in [3.8, 4) is 5.75 Å². The predicted molar refractivity (Wildman–Crippen MR) is 85.0 cm³/mol. The van der Waals surface area contributed by atoms with E-state index >= 15 is 0 Å². The van der Waals surface area contributed by atoms with Crippen molar-refractivity contribution in [1.82, 2.24) is 0 Å². The van der Waals surface area contributed by atoms with E-state index in [0.717, 1.165) is 18.2 Å². The van der Waals surface area contributed by atoms with Crippen LogP contribution in [0.1, 0.15) is 0 Å². The van der Waals surface area contributed by atoms with Crippen LogP contribution in [-0.4, -0.2) is 25.9 Å². The summed E-state index contributed by atoms with van der Waals surface area (Å²) in [5, 5.41) is 18.2. The number of anilines is 1. The summed E-state index contributed by atoms with van der Waals surface area (Å²) in [5.74, 6) is -1.81. The molecular weight excluding hydrogens is 357 g/mol. The van der Waals surface area contributed by atoms with E-state index in [1.165, 1.54) is 24.3 Å². The monoisotopic (exact) mass is 369 g/mol. The molecule has 0 atom stereocenters. The van der Waals surface area contributed by atoms with E-state index in [4.69, 9.17) is 9.88 Å². The minimum atomic E-state index is -3.85. The maximum atomic E-state index is 13.2. The highest BCUT2D eigenvalue weighted by Gasteiger charge is 2.17. The van der Waals surface area contributed by atoms with E-state index in [9.17, 15) is 27.7 Å². The van der Waals surface area contributed by atoms with Crippen molar-refractivity contribution in [2.75, 3.05) is 11.9 Å². The minimum Gasteiger partial charge on any atom is -0.477 e. The first kappa shape index (κ1) is 18.3. The number of hydrogen-bond donors (Lipinski definition) is 2. The topological polar surface area (TPSA) is 142 Å². The SMILES string of the molecule is NS(=O)(=O)c1ccc(NC(=O)COc2cc(F)ccc2[N+](=O)[O-])cc1. The summed E-state index contributed by atoms with van der Waals surface area (Å²) in [5.41, 5.74) is -0.221. The maximum Gasteiger partial charge on any atom is 0.311 e. The van der Waals surface area contributed by atoms with Crippen LogP contribution < -0.4 is 15.2 Å². The fourth-order valence-corrected chi connectivity index (χ4v) is 2.34. The number of hydrogen-bond acceptors (Lipinski definition) is 6. The van der Waals surface area contributed by atoms with Crippen LogP contribution in [0.25, 0.3) is 0 Å². The summed E-state index contributed by atoms with van der Waals surface area (Å²) in [6.07, 6.45) is 0. The Hall–Kier alpha value is -3.05. The van der Waals surface area contributed by atoms with Crippen molar-refractivity contribution in [2.24, 2.45) is 5.14 Å². The van der Waals surface area contributed by atoms with E-state index in [0.29, 0.717) is 0 Å². The fraction of sp³-hybridized carbons (Fsp3) is 0.0714. The first-order chi connectivity index (χ1) is 11.7. The average molecular weight is 369 g/mol. The zero-order valence-electron chi connectivity index (χ0n) is 12.5. The predicted octanol–water partition coefficient (Wildman–Crippen LogP) is 1.40. The van der Waals surface area contributed by atoms with Gasteiger partial charge >= 0.3 is 5.69 Å². The number of nitrogens with two attached hydrogens (primary N) is 1. The zero-order valence-corrected chi connectivity index (χ0v) is 13.3. The Bertz CT molecular complexity index is 915. The number of ether oxygens (including phenoxy) is 1. The first-order valence-electron chi connectivity index (χ1n) is 6.66. The molecule has 2 aromatic rings. The second kappa shape index (κ2) is 7.23. The van der Waals surface area contributed by atoms with Crippen molar-refractivity contribution in [1.29, 1.82) is 0 Å². The Morgan fingerprint density at radius 1 is 1.24 bits per heavy atom. The fourth-order valence-electron chi connectivity index (χ4n) is 1.82. The van der Waals surface area contributed by atoms with Crippen LogP contribution in [0.2, 0.25) is 0 Å². The van der Waals surface area contributed by atoms with Crippen LogP contribution >= 0.6 is 0 Å². The van der Waals surface area contributed by atoms with Gasteiger partial charge in [0.1, 0.15) is 5.82 Å². The van der Waals surface area contributed by atoms with Crippen LogP contribution in [-0.2, 0) is 14.8 Å². The van der Waals surface area contributed by atoms with Gasteiger partial charge in [0.2, 0.25) is 15.8 Å². The van der Waals surface area contributed by atoms with Crippen LogP contribution in [0, 0.1) is 15.9 Å². The van der Waals surface area contributed by atoms with Gasteiger partial charge in [0, 0.05) is 17.8 Å². The highest BCUT2D eigenvalue weighted by atomic mass is 32.2. The average Bonchev–Trinajstić information content (AvgIpc) is 2.52. The number of halogens is 1. The second-order valence-corrected chi connectivity index (χ2v) is 6.34. The molecule has 0 radical (unpaired) electrons. The van der Waals surface area contributed by atoms with Crippen LogP contribution in [0.3, 0.4) is 0 Å². The number of primary sulfonamides is 1. The molecule has 1 amide bonds. The van der Waals surface area contributed by atoms with Gasteiger partial charge in [-0.05, 0) is 30.3 Å². The van der Waals surface area contributed by atoms with Crippen molar-refractivity contribution in [2.45, 2.75) is 4.90 Å². The number of carbonyl (C=O) groups excluding carboxylic acids is 1. The third-order valence-electron chi connectivity index (χ3n) is 2.94. The number of nitrogens with zero attached hydrogens (tertiary/aromatic N) is 1. The van der Waals surface area contributed by atoms with Gasteiger partial charge in [-0.1, -0.05) is 0 Å². The standard InChI is InChI=1S/C14H12FN3O6S/c15-9-1-6-12(18(20)21)13(7-9)24-8-14(19)17-10-2-4-11(5-3-10)25(16,22)23/h1-7H,8H2,(H,17,19)(H2,16,22,23). The molecule has 0 saturated carbocycles. The highest BCUT2D eigenvalue weighted by molar-refractivity contribution is 7.89. The highest BCUT2D eigenvalue weighted by Crippen LogP contribution is 2.27. The smallest absolute Gasteiger partial charge is 0.311 e. The van der Waals surface area contributed by atoms with E-state index in [1.54, 1.807) is 0 Å². The van der Waals surface area contributed by atoms with Crippen LogP contribution in [0.4, 0.5) is 15.8 Å². The molecule has 132 valence electrons. The Morgan fingerprint density at radius 3 is 2.44 bits per heavy atom. The molecule has 0 aliphatic rings. The molecule has 0 aliphatic carbocycles. The normalized spacial score (nSPS) is 11.0. The zero-order chi connectivity index (χ0) is 18.6. The lowest BCUT2D eigenvalue weighted by Gasteiger charge is -2.08. The van der Waals surface area contributed by atoms with Crippen molar-refractivity contribution >= 4 is 27.3 Å². The largest absolute Gasteiger partial charge is 0.477 e. The number of nitro groups is 1. The number of carbonyl (C=O) groups is 1. The molecule has 25 heavy (non-hydrogen) atoms. The lowest BCUT2D eigenvalue weighted by Crippen LogP contribution is -2.20. The molecular formula is C14H12FN3O6S. The summed E-state index contributed by atoms with van der Waals surface area (Å²) in [7, 11) is -3.85. The Balaban J connectivity index is 2.02. The van der Waals surface area contributed by atoms with Gasteiger partial charge in [-0.3, -0.25) is 14.9 Å². The van der Waals surface area contributed by atoms with E-state index in [1.807, 2.05) is 0 Å². The Morgan fingerprint density at radius 2 is 1.88 bits per heavy atom. The molecule has 0 fully saturated rings. The summed E-state index contributed by atoms with van der Waals surface area (Å²) in [6, 6.07) is 7.63. The molecule has 2 rings (SSSR count). The van der Waals surface area contributed by atoms with E-state index in [-0.39, 0.29) is 16.3 Å². The lowest BCUT2D eigenvalue weighted by molar-refractivity contribution is -0.385. The summed E-state index contributed by atoms with van der Waals surface area (Å²) < 4.78 is 40.4. The number of nitrogens with one attached hydrogen (secondary N) is 1. The molecule has 9 nitrogen and oxygen atoms in total. The Labute approximate surface area is 141 Å². The minimum absolute atomic E-state index is 0.128. The van der Waals surface area contributed by atoms with Gasteiger partial charge in [0.05, 0.1) is 9.82 Å². The second-order valence-electron chi connectivity index (χ2n) is 4.78. The maximum absolute atomic E-state index is 13.2. The Kier molecular flexibility index (Phi) is 5.29. The molecule has 0 unspecified atom stereocenters. The van der Waals surface area contributed by atoms with Crippen LogP contribution in [0.15, 0.2) is 47.4 Å². The molecule has 0 aliphatic heterocycles. The molecule has 2 aromatic carbocycles. The lowest BCUT2D eigenvalue weighted by atomic mass is 10.3. The van der Waals surface area contributed by atoms with Gasteiger partial charge in [-0.2, -0.15) is 0 Å². The quantitative estimate of drug-likeness (QED) is 0.582. The molecule has 0 bridgehead atoms. The molecule has 0 saturated heterocycles. The first-order valence-corrected chi connectivity index (χ1v) is 8.21. The van der Waals surface area contributed by atoms with E-state index < -0.39 is 39.0 Å². The van der Waals surface area contributed by atoms with Gasteiger partial charge in [0.15, 0.2) is 6.61 Å². The van der Waals surface area contributed by atoms with Crippen molar-refractivity contribution in [3.05, 3.63) is 58.4 Å².